The van der Waals surface area contributed by atoms with Gasteiger partial charge in [0.05, 0.1) is 0 Å². The van der Waals surface area contributed by atoms with Crippen LogP contribution in [-0.2, 0) is 0 Å². The van der Waals surface area contributed by atoms with Gasteiger partial charge in [-0.25, -0.2) is 0 Å². The van der Waals surface area contributed by atoms with E-state index < -0.39 is 0 Å². The lowest BCUT2D eigenvalue weighted by atomic mass is 9.76. The van der Waals surface area contributed by atoms with Gasteiger partial charge in [-0.15, -0.1) is 0 Å². The zero-order valence-electron chi connectivity index (χ0n) is 13.0. The van der Waals surface area contributed by atoms with Crippen molar-refractivity contribution in [3.8, 4) is 0 Å². The molecule has 1 aliphatic heterocycles. The summed E-state index contributed by atoms with van der Waals surface area (Å²) in [5.74, 6) is 1.07. The van der Waals surface area contributed by atoms with E-state index in [2.05, 4.69) is 24.1 Å². The number of nitrogens with one attached hydrogen (secondary N) is 1. The fraction of sp³-hybridized carbons (Fsp3) is 1.00. The van der Waals surface area contributed by atoms with E-state index in [0.717, 1.165) is 5.92 Å². The van der Waals surface area contributed by atoms with Crippen LogP contribution >= 0.6 is 0 Å². The lowest BCUT2D eigenvalue weighted by Gasteiger charge is -2.55. The topological polar surface area (TPSA) is 15.3 Å². The lowest BCUT2D eigenvalue weighted by Crippen LogP contribution is -2.69. The van der Waals surface area contributed by atoms with Crippen molar-refractivity contribution in [1.29, 1.82) is 0 Å². The molecule has 2 saturated carbocycles. The molecule has 0 aromatic carbocycles. The first-order valence-electron chi connectivity index (χ1n) is 8.66. The highest BCUT2D eigenvalue weighted by Gasteiger charge is 2.45. The summed E-state index contributed by atoms with van der Waals surface area (Å²) in [7, 11) is 0. The fourth-order valence-corrected chi connectivity index (χ4v) is 4.14. The van der Waals surface area contributed by atoms with E-state index >= 15 is 0 Å². The molecule has 1 unspecified atom stereocenters. The third-order valence-electron chi connectivity index (χ3n) is 6.12. The molecule has 3 aliphatic rings. The van der Waals surface area contributed by atoms with Crippen LogP contribution in [0.4, 0.5) is 0 Å². The first-order chi connectivity index (χ1) is 9.16. The second-order valence-corrected chi connectivity index (χ2v) is 7.71. The van der Waals surface area contributed by atoms with Gasteiger partial charge in [0.1, 0.15) is 0 Å². The summed E-state index contributed by atoms with van der Waals surface area (Å²) in [6.07, 6.45) is 13.0. The van der Waals surface area contributed by atoms with Crippen LogP contribution in [0.1, 0.15) is 71.6 Å². The molecular weight excluding hydrogens is 232 g/mol. The van der Waals surface area contributed by atoms with Gasteiger partial charge in [0.25, 0.3) is 0 Å². The summed E-state index contributed by atoms with van der Waals surface area (Å²) in [5, 5.41) is 3.90. The van der Waals surface area contributed by atoms with E-state index in [9.17, 15) is 0 Å². The molecule has 2 nitrogen and oxygen atoms in total. The highest BCUT2D eigenvalue weighted by atomic mass is 15.3. The van der Waals surface area contributed by atoms with Crippen LogP contribution in [0.15, 0.2) is 0 Å². The molecule has 2 aliphatic carbocycles. The Kier molecular flexibility index (Phi) is 3.92. The van der Waals surface area contributed by atoms with Crippen LogP contribution in [0.2, 0.25) is 0 Å². The third kappa shape index (κ3) is 3.00. The average Bonchev–Trinajstić information content (AvgIpc) is 3.26. The number of piperazine rings is 1. The van der Waals surface area contributed by atoms with Crippen molar-refractivity contribution in [3.05, 3.63) is 0 Å². The molecule has 0 amide bonds. The maximum Gasteiger partial charge on any atom is 0.0334 e. The van der Waals surface area contributed by atoms with E-state index in [-0.39, 0.29) is 0 Å². The fourth-order valence-electron chi connectivity index (χ4n) is 4.14. The molecule has 1 spiro atoms. The standard InChI is InChI=1S/C17H32N2/c1-3-16(2)14-19(12-9-15-7-8-15)17(13-18-16)10-5-4-6-11-17/h15,18H,3-14H2,1-2H3. The number of hydrogen-bond acceptors (Lipinski definition) is 2. The van der Waals surface area contributed by atoms with Crippen LogP contribution in [0.3, 0.4) is 0 Å². The van der Waals surface area contributed by atoms with E-state index in [0.29, 0.717) is 11.1 Å². The Morgan fingerprint density at radius 3 is 2.53 bits per heavy atom. The highest BCUT2D eigenvalue weighted by molar-refractivity contribution is 5.04. The van der Waals surface area contributed by atoms with E-state index in [1.54, 1.807) is 0 Å². The molecule has 1 saturated heterocycles. The van der Waals surface area contributed by atoms with Crippen molar-refractivity contribution >= 4 is 0 Å². The minimum atomic E-state index is 0.353. The molecule has 0 bridgehead atoms. The molecular formula is C17H32N2. The SMILES string of the molecule is CCC1(C)CN(CCC2CC2)C2(CCCCC2)CN1. The second kappa shape index (κ2) is 5.37. The maximum absolute atomic E-state index is 3.90. The molecule has 1 heterocycles. The quantitative estimate of drug-likeness (QED) is 0.835. The Bertz CT molecular complexity index is 304. The summed E-state index contributed by atoms with van der Waals surface area (Å²) in [4.78, 5) is 2.91. The van der Waals surface area contributed by atoms with Crippen LogP contribution in [0.25, 0.3) is 0 Å². The molecule has 3 fully saturated rings. The minimum absolute atomic E-state index is 0.353. The van der Waals surface area contributed by atoms with Gasteiger partial charge < -0.3 is 5.32 Å². The minimum Gasteiger partial charge on any atom is -0.308 e. The van der Waals surface area contributed by atoms with Crippen molar-refractivity contribution in [3.63, 3.8) is 0 Å². The van der Waals surface area contributed by atoms with Crippen LogP contribution in [0, 0.1) is 5.92 Å². The van der Waals surface area contributed by atoms with Gasteiger partial charge >= 0.3 is 0 Å². The van der Waals surface area contributed by atoms with Crippen molar-refractivity contribution in [2.75, 3.05) is 19.6 Å². The molecule has 1 N–H and O–H groups in total. The molecule has 3 rings (SSSR count). The van der Waals surface area contributed by atoms with Crippen molar-refractivity contribution in [2.24, 2.45) is 5.92 Å². The van der Waals surface area contributed by atoms with Gasteiger partial charge in [0.2, 0.25) is 0 Å². The van der Waals surface area contributed by atoms with Gasteiger partial charge in [-0.1, -0.05) is 39.0 Å². The summed E-state index contributed by atoms with van der Waals surface area (Å²) in [6.45, 7) is 8.64. The van der Waals surface area contributed by atoms with Gasteiger partial charge in [-0.3, -0.25) is 4.90 Å². The largest absolute Gasteiger partial charge is 0.308 e. The number of rotatable bonds is 4. The molecule has 19 heavy (non-hydrogen) atoms. The van der Waals surface area contributed by atoms with Gasteiger partial charge in [-0.2, -0.15) is 0 Å². The molecule has 1 atom stereocenters. The van der Waals surface area contributed by atoms with E-state index in [1.807, 2.05) is 0 Å². The zero-order chi connectivity index (χ0) is 13.3. The smallest absolute Gasteiger partial charge is 0.0334 e. The highest BCUT2D eigenvalue weighted by Crippen LogP contribution is 2.39. The monoisotopic (exact) mass is 264 g/mol. The summed E-state index contributed by atoms with van der Waals surface area (Å²) in [6, 6.07) is 0. The molecule has 0 aromatic rings. The van der Waals surface area contributed by atoms with Gasteiger partial charge in [0, 0.05) is 24.2 Å². The number of hydrogen-bond donors (Lipinski definition) is 1. The summed E-state index contributed by atoms with van der Waals surface area (Å²) in [5.41, 5.74) is 0.869. The normalized spacial score (nSPS) is 35.7. The molecule has 0 aromatic heterocycles. The average molecular weight is 264 g/mol. The summed E-state index contributed by atoms with van der Waals surface area (Å²) >= 11 is 0. The Morgan fingerprint density at radius 2 is 1.89 bits per heavy atom. The van der Waals surface area contributed by atoms with Crippen LogP contribution < -0.4 is 5.32 Å². The molecule has 2 heteroatoms. The first kappa shape index (κ1) is 13.9. The Balaban J connectivity index is 1.69. The van der Waals surface area contributed by atoms with Crippen LogP contribution in [-0.4, -0.2) is 35.6 Å². The third-order valence-corrected chi connectivity index (χ3v) is 6.12. The molecule has 0 radical (unpaired) electrons. The van der Waals surface area contributed by atoms with Crippen molar-refractivity contribution < 1.29 is 0 Å². The van der Waals surface area contributed by atoms with Crippen LogP contribution in [0.5, 0.6) is 0 Å². The first-order valence-corrected chi connectivity index (χ1v) is 8.66. The Hall–Kier alpha value is -0.0800. The van der Waals surface area contributed by atoms with Gasteiger partial charge in [0.15, 0.2) is 0 Å². The Labute approximate surface area is 119 Å². The van der Waals surface area contributed by atoms with Gasteiger partial charge in [-0.05, 0) is 45.1 Å². The van der Waals surface area contributed by atoms with Crippen molar-refractivity contribution in [1.82, 2.24) is 10.2 Å². The summed E-state index contributed by atoms with van der Waals surface area (Å²) < 4.78 is 0. The zero-order valence-corrected chi connectivity index (χ0v) is 13.0. The number of nitrogens with zero attached hydrogens (tertiary/aromatic N) is 1. The predicted octanol–water partition coefficient (Wildman–Crippen LogP) is 3.56. The van der Waals surface area contributed by atoms with E-state index in [1.165, 1.54) is 77.4 Å². The Morgan fingerprint density at radius 1 is 1.16 bits per heavy atom. The van der Waals surface area contributed by atoms with Crippen molar-refractivity contribution in [2.45, 2.75) is 82.7 Å². The second-order valence-electron chi connectivity index (χ2n) is 7.71. The lowest BCUT2D eigenvalue weighted by molar-refractivity contribution is -0.0170. The predicted molar refractivity (Wildman–Crippen MR) is 81.4 cm³/mol. The van der Waals surface area contributed by atoms with E-state index in [4.69, 9.17) is 0 Å². The maximum atomic E-state index is 3.90. The molecule has 110 valence electrons.